The molecule has 0 aromatic heterocycles. The Balaban J connectivity index is 0.00000576. The largest absolute Gasteiger partial charge is 0.493 e. The molecule has 0 atom stereocenters. The molecule has 1 aromatic carbocycles. The fourth-order valence-corrected chi connectivity index (χ4v) is 1.61. The third-order valence-corrected chi connectivity index (χ3v) is 2.74. The number of carbonyl (C=O) groups excluding carboxylic acids is 2. The smallest absolute Gasteiger partial charge is 0.422 e. The molecule has 0 aliphatic carbocycles. The number of rotatable bonds is 8. The molecule has 142 valence electrons. The Bertz CT molecular complexity index is 585. The maximum absolute atomic E-state index is 12.2. The van der Waals surface area contributed by atoms with Crippen molar-refractivity contribution in [3.05, 3.63) is 23.8 Å². The molecule has 0 unspecified atom stereocenters. The summed E-state index contributed by atoms with van der Waals surface area (Å²) in [6, 6.07) is 4.26. The maximum atomic E-state index is 12.2. The number of nitrogens with one attached hydrogen (secondary N) is 2. The summed E-state index contributed by atoms with van der Waals surface area (Å²) in [4.78, 5) is 22.4. The Kier molecular flexibility index (Phi) is 9.69. The number of nitrogens with two attached hydrogens (primary N) is 1. The number of hydrogen-bond donors (Lipinski definition) is 3. The highest BCUT2D eigenvalue weighted by Crippen LogP contribution is 2.29. The lowest BCUT2D eigenvalue weighted by molar-refractivity contribution is -0.153. The molecule has 1 rings (SSSR count). The lowest BCUT2D eigenvalue weighted by Gasteiger charge is -2.14. The van der Waals surface area contributed by atoms with Gasteiger partial charge < -0.3 is 25.8 Å². The van der Waals surface area contributed by atoms with Gasteiger partial charge in [0.2, 0.25) is 11.8 Å². The van der Waals surface area contributed by atoms with E-state index in [0.717, 1.165) is 0 Å². The van der Waals surface area contributed by atoms with E-state index in [-0.39, 0.29) is 43.5 Å². The van der Waals surface area contributed by atoms with Gasteiger partial charge in [0.15, 0.2) is 18.1 Å². The average molecular weight is 386 g/mol. The van der Waals surface area contributed by atoms with Crippen LogP contribution in [0.2, 0.25) is 0 Å². The van der Waals surface area contributed by atoms with Crippen LogP contribution in [0.5, 0.6) is 11.5 Å². The van der Waals surface area contributed by atoms with Gasteiger partial charge in [-0.15, -0.1) is 12.4 Å². The topological polar surface area (TPSA) is 103 Å². The van der Waals surface area contributed by atoms with E-state index in [4.69, 9.17) is 10.5 Å². The molecule has 0 aliphatic rings. The van der Waals surface area contributed by atoms with Gasteiger partial charge in [-0.1, -0.05) is 6.07 Å². The number of carbonyl (C=O) groups is 2. The number of amides is 2. The molecular formula is C14H19ClF3N3O4. The second kappa shape index (κ2) is 10.6. The summed E-state index contributed by atoms with van der Waals surface area (Å²) in [7, 11) is 1.29. The zero-order valence-electron chi connectivity index (χ0n) is 13.3. The lowest BCUT2D eigenvalue weighted by atomic mass is 10.2. The molecule has 0 saturated heterocycles. The molecule has 11 heteroatoms. The van der Waals surface area contributed by atoms with Crippen LogP contribution in [0.3, 0.4) is 0 Å². The second-order valence-electron chi connectivity index (χ2n) is 4.65. The molecule has 0 saturated carbocycles. The van der Waals surface area contributed by atoms with Crippen LogP contribution in [0.4, 0.5) is 13.2 Å². The molecule has 2 amide bonds. The van der Waals surface area contributed by atoms with Gasteiger partial charge in [-0.05, 0) is 17.7 Å². The van der Waals surface area contributed by atoms with Crippen molar-refractivity contribution < 1.29 is 32.2 Å². The Morgan fingerprint density at radius 3 is 2.40 bits per heavy atom. The highest BCUT2D eigenvalue weighted by atomic mass is 35.5. The molecular weight excluding hydrogens is 367 g/mol. The van der Waals surface area contributed by atoms with Gasteiger partial charge in [-0.3, -0.25) is 9.59 Å². The van der Waals surface area contributed by atoms with E-state index in [1.54, 1.807) is 0 Å². The SMILES string of the molecule is COc1cc(CNC(=O)CNC(=O)CN)ccc1OCC(F)(F)F.Cl. The van der Waals surface area contributed by atoms with Crippen molar-refractivity contribution in [2.45, 2.75) is 12.7 Å². The van der Waals surface area contributed by atoms with Crippen molar-refractivity contribution >= 4 is 24.2 Å². The van der Waals surface area contributed by atoms with Crippen LogP contribution in [0.25, 0.3) is 0 Å². The van der Waals surface area contributed by atoms with E-state index in [1.807, 2.05) is 0 Å². The molecule has 0 bridgehead atoms. The standard InChI is InChI=1S/C14H18F3N3O4.ClH/c1-23-11-4-9(2-3-10(11)24-8-14(15,16)17)6-19-13(22)7-20-12(21)5-18;/h2-4H,5-8,18H2,1H3,(H,19,22)(H,20,21);1H. The first-order valence-electron chi connectivity index (χ1n) is 6.85. The van der Waals surface area contributed by atoms with Gasteiger partial charge in [0, 0.05) is 6.54 Å². The third-order valence-electron chi connectivity index (χ3n) is 2.74. The molecule has 7 nitrogen and oxygen atoms in total. The molecule has 1 aromatic rings. The number of ether oxygens (including phenoxy) is 2. The van der Waals surface area contributed by atoms with Gasteiger partial charge in [0.1, 0.15) is 0 Å². The van der Waals surface area contributed by atoms with Crippen molar-refractivity contribution in [3.8, 4) is 11.5 Å². The number of methoxy groups -OCH3 is 1. The maximum Gasteiger partial charge on any atom is 0.422 e. The van der Waals surface area contributed by atoms with Crippen LogP contribution >= 0.6 is 12.4 Å². The van der Waals surface area contributed by atoms with Gasteiger partial charge in [0.05, 0.1) is 20.2 Å². The fourth-order valence-electron chi connectivity index (χ4n) is 1.61. The van der Waals surface area contributed by atoms with Crippen LogP contribution in [0.1, 0.15) is 5.56 Å². The van der Waals surface area contributed by atoms with Gasteiger partial charge in [-0.2, -0.15) is 13.2 Å². The van der Waals surface area contributed by atoms with E-state index in [1.165, 1.54) is 25.3 Å². The number of hydrogen-bond acceptors (Lipinski definition) is 5. The number of alkyl halides is 3. The zero-order valence-corrected chi connectivity index (χ0v) is 14.1. The van der Waals surface area contributed by atoms with E-state index in [9.17, 15) is 22.8 Å². The monoisotopic (exact) mass is 385 g/mol. The number of benzene rings is 1. The Hall–Kier alpha value is -2.20. The van der Waals surface area contributed by atoms with Crippen LogP contribution in [-0.4, -0.2) is 44.8 Å². The van der Waals surface area contributed by atoms with Gasteiger partial charge in [-0.25, -0.2) is 0 Å². The normalized spacial score (nSPS) is 10.4. The van der Waals surface area contributed by atoms with Crippen LogP contribution in [-0.2, 0) is 16.1 Å². The van der Waals surface area contributed by atoms with Gasteiger partial charge >= 0.3 is 6.18 Å². The number of halogens is 4. The van der Waals surface area contributed by atoms with Crippen LogP contribution in [0, 0.1) is 0 Å². The zero-order chi connectivity index (χ0) is 18.2. The Morgan fingerprint density at radius 2 is 1.84 bits per heavy atom. The predicted octanol–water partition coefficient (Wildman–Crippen LogP) is 0.749. The van der Waals surface area contributed by atoms with E-state index < -0.39 is 24.6 Å². The van der Waals surface area contributed by atoms with Crippen LogP contribution in [0.15, 0.2) is 18.2 Å². The summed E-state index contributed by atoms with van der Waals surface area (Å²) < 4.78 is 46.1. The quantitative estimate of drug-likeness (QED) is 0.613. The minimum Gasteiger partial charge on any atom is -0.493 e. The highest BCUT2D eigenvalue weighted by Gasteiger charge is 2.29. The van der Waals surface area contributed by atoms with E-state index in [2.05, 4.69) is 15.4 Å². The Labute approximate surface area is 148 Å². The minimum atomic E-state index is -4.45. The first kappa shape index (κ1) is 22.8. The second-order valence-corrected chi connectivity index (χ2v) is 4.65. The molecule has 4 N–H and O–H groups in total. The van der Waals surface area contributed by atoms with Crippen molar-refractivity contribution in [2.24, 2.45) is 5.73 Å². The Morgan fingerprint density at radius 1 is 1.16 bits per heavy atom. The van der Waals surface area contributed by atoms with Crippen molar-refractivity contribution in [3.63, 3.8) is 0 Å². The fraction of sp³-hybridized carbons (Fsp3) is 0.429. The molecule has 0 aliphatic heterocycles. The van der Waals surface area contributed by atoms with Crippen molar-refractivity contribution in [1.29, 1.82) is 0 Å². The van der Waals surface area contributed by atoms with Crippen molar-refractivity contribution in [1.82, 2.24) is 10.6 Å². The minimum absolute atomic E-state index is 0. The summed E-state index contributed by atoms with van der Waals surface area (Å²) in [5.41, 5.74) is 5.67. The first-order chi connectivity index (χ1) is 11.2. The predicted molar refractivity (Wildman–Crippen MR) is 85.7 cm³/mol. The van der Waals surface area contributed by atoms with Gasteiger partial charge in [0.25, 0.3) is 0 Å². The summed E-state index contributed by atoms with van der Waals surface area (Å²) in [5, 5.41) is 4.84. The summed E-state index contributed by atoms with van der Waals surface area (Å²) in [6.07, 6.45) is -4.45. The van der Waals surface area contributed by atoms with E-state index in [0.29, 0.717) is 5.56 Å². The van der Waals surface area contributed by atoms with E-state index >= 15 is 0 Å². The molecule has 25 heavy (non-hydrogen) atoms. The average Bonchev–Trinajstić information content (AvgIpc) is 2.55. The molecule has 0 radical (unpaired) electrons. The first-order valence-corrected chi connectivity index (χ1v) is 6.85. The molecule has 0 spiro atoms. The highest BCUT2D eigenvalue weighted by molar-refractivity contribution is 5.85. The third kappa shape index (κ3) is 9.01. The summed E-state index contributed by atoms with van der Waals surface area (Å²) in [6.45, 7) is -1.77. The lowest BCUT2D eigenvalue weighted by Crippen LogP contribution is -2.39. The van der Waals surface area contributed by atoms with Crippen LogP contribution < -0.4 is 25.8 Å². The summed E-state index contributed by atoms with van der Waals surface area (Å²) >= 11 is 0. The molecule has 0 heterocycles. The van der Waals surface area contributed by atoms with Crippen molar-refractivity contribution in [2.75, 3.05) is 26.8 Å². The molecule has 0 fully saturated rings. The summed E-state index contributed by atoms with van der Waals surface area (Å²) in [5.74, 6) is -0.839.